The van der Waals surface area contributed by atoms with Crippen molar-refractivity contribution in [3.8, 4) is 5.75 Å². The normalized spacial score (nSPS) is 12.2. The summed E-state index contributed by atoms with van der Waals surface area (Å²) >= 11 is 5.96. The van der Waals surface area contributed by atoms with Crippen LogP contribution >= 0.6 is 38.5 Å². The minimum Gasteiger partial charge on any atom is -0.494 e. The third kappa shape index (κ3) is 4.44. The largest absolute Gasteiger partial charge is 0.494 e. The molecule has 0 radical (unpaired) electrons. The van der Waals surface area contributed by atoms with Gasteiger partial charge in [-0.05, 0) is 77.5 Å². The van der Waals surface area contributed by atoms with E-state index in [1.54, 1.807) is 0 Å². The van der Waals surface area contributed by atoms with Crippen LogP contribution in [0.5, 0.6) is 5.75 Å². The van der Waals surface area contributed by atoms with Crippen LogP contribution in [-0.4, -0.2) is 13.2 Å². The Bertz CT molecular complexity index is 586. The van der Waals surface area contributed by atoms with Crippen LogP contribution in [0.1, 0.15) is 31.0 Å². The summed E-state index contributed by atoms with van der Waals surface area (Å²) in [5.74, 6) is 0.917. The molecule has 0 heterocycles. The number of hydrogen-bond acceptors (Lipinski definition) is 2. The van der Waals surface area contributed by atoms with Gasteiger partial charge in [-0.15, -0.1) is 0 Å². The summed E-state index contributed by atoms with van der Waals surface area (Å²) in [4.78, 5) is 0. The van der Waals surface area contributed by atoms with Crippen LogP contribution in [0.15, 0.2) is 46.9 Å². The van der Waals surface area contributed by atoms with E-state index in [1.165, 1.54) is 14.7 Å². The van der Waals surface area contributed by atoms with Crippen molar-refractivity contribution in [2.75, 3.05) is 13.2 Å². The fraction of sp³-hybridized carbons (Fsp3) is 0.294. The van der Waals surface area contributed by atoms with Gasteiger partial charge in [-0.1, -0.05) is 35.0 Å². The monoisotopic (exact) mass is 459 g/mol. The summed E-state index contributed by atoms with van der Waals surface area (Å²) in [6, 6.07) is 14.9. The zero-order valence-corrected chi connectivity index (χ0v) is 15.9. The molecule has 0 saturated carbocycles. The van der Waals surface area contributed by atoms with E-state index in [4.69, 9.17) is 4.74 Å². The highest BCUT2D eigenvalue weighted by atomic mass is 127. The van der Waals surface area contributed by atoms with Gasteiger partial charge in [-0.3, -0.25) is 0 Å². The zero-order valence-electron chi connectivity index (χ0n) is 12.2. The molecule has 0 aliphatic carbocycles. The van der Waals surface area contributed by atoms with Crippen molar-refractivity contribution in [2.24, 2.45) is 0 Å². The maximum Gasteiger partial charge on any atom is 0.119 e. The number of ether oxygens (including phenoxy) is 1. The van der Waals surface area contributed by atoms with Gasteiger partial charge in [0.1, 0.15) is 5.75 Å². The van der Waals surface area contributed by atoms with E-state index in [0.717, 1.165) is 16.8 Å². The third-order valence-corrected chi connectivity index (χ3v) is 4.68. The fourth-order valence-electron chi connectivity index (χ4n) is 2.27. The van der Waals surface area contributed by atoms with Crippen molar-refractivity contribution >= 4 is 38.5 Å². The summed E-state index contributed by atoms with van der Waals surface area (Å²) in [5.41, 5.74) is 2.53. The molecule has 1 atom stereocenters. The zero-order chi connectivity index (χ0) is 15.2. The first kappa shape index (κ1) is 16.8. The van der Waals surface area contributed by atoms with E-state index in [1.807, 2.05) is 19.1 Å². The first-order valence-electron chi connectivity index (χ1n) is 7.06. The van der Waals surface area contributed by atoms with Crippen LogP contribution in [0.3, 0.4) is 0 Å². The van der Waals surface area contributed by atoms with Crippen molar-refractivity contribution in [2.45, 2.75) is 19.9 Å². The molecule has 21 heavy (non-hydrogen) atoms. The first-order chi connectivity index (χ1) is 10.2. The SMILES string of the molecule is CCNC(c1ccc(OCC)cc1)c1cc(Br)ccc1I. The summed E-state index contributed by atoms with van der Waals surface area (Å²) in [5, 5.41) is 3.57. The molecule has 0 saturated heterocycles. The van der Waals surface area contributed by atoms with E-state index in [0.29, 0.717) is 6.61 Å². The van der Waals surface area contributed by atoms with Gasteiger partial charge >= 0.3 is 0 Å². The number of halogens is 2. The molecule has 0 aromatic heterocycles. The Morgan fingerprint density at radius 2 is 1.86 bits per heavy atom. The Balaban J connectivity index is 2.35. The lowest BCUT2D eigenvalue weighted by Gasteiger charge is -2.21. The Kier molecular flexibility index (Phi) is 6.51. The van der Waals surface area contributed by atoms with Gasteiger partial charge in [0.2, 0.25) is 0 Å². The second-order valence-corrected chi connectivity index (χ2v) is 6.74. The van der Waals surface area contributed by atoms with Gasteiger partial charge in [-0.25, -0.2) is 0 Å². The fourth-order valence-corrected chi connectivity index (χ4v) is 3.30. The van der Waals surface area contributed by atoms with Crippen LogP contribution in [0, 0.1) is 3.57 Å². The first-order valence-corrected chi connectivity index (χ1v) is 8.94. The van der Waals surface area contributed by atoms with Gasteiger partial charge in [0, 0.05) is 8.04 Å². The summed E-state index contributed by atoms with van der Waals surface area (Å²) in [6.45, 7) is 5.74. The smallest absolute Gasteiger partial charge is 0.119 e. The molecule has 1 N–H and O–H groups in total. The van der Waals surface area contributed by atoms with E-state index in [-0.39, 0.29) is 6.04 Å². The van der Waals surface area contributed by atoms with Crippen molar-refractivity contribution in [3.05, 3.63) is 61.6 Å². The number of hydrogen-bond donors (Lipinski definition) is 1. The van der Waals surface area contributed by atoms with E-state index < -0.39 is 0 Å². The summed E-state index contributed by atoms with van der Waals surface area (Å²) in [7, 11) is 0. The lowest BCUT2D eigenvalue weighted by Crippen LogP contribution is -2.22. The molecule has 0 bridgehead atoms. The highest BCUT2D eigenvalue weighted by Crippen LogP contribution is 2.29. The number of rotatable bonds is 6. The molecular weight excluding hydrogens is 441 g/mol. The molecule has 4 heteroatoms. The topological polar surface area (TPSA) is 21.3 Å². The van der Waals surface area contributed by atoms with Crippen LogP contribution in [0.2, 0.25) is 0 Å². The molecule has 0 aliphatic heterocycles. The molecule has 0 amide bonds. The van der Waals surface area contributed by atoms with Crippen LogP contribution in [0.4, 0.5) is 0 Å². The Morgan fingerprint density at radius 1 is 1.14 bits per heavy atom. The summed E-state index contributed by atoms with van der Waals surface area (Å²) < 4.78 is 7.88. The van der Waals surface area contributed by atoms with Crippen molar-refractivity contribution < 1.29 is 4.74 Å². The molecule has 112 valence electrons. The molecule has 0 fully saturated rings. The van der Waals surface area contributed by atoms with Crippen molar-refractivity contribution in [1.29, 1.82) is 0 Å². The summed E-state index contributed by atoms with van der Waals surface area (Å²) in [6.07, 6.45) is 0. The van der Waals surface area contributed by atoms with Gasteiger partial charge in [0.25, 0.3) is 0 Å². The molecule has 2 aromatic rings. The lowest BCUT2D eigenvalue weighted by atomic mass is 9.98. The van der Waals surface area contributed by atoms with Crippen LogP contribution in [0.25, 0.3) is 0 Å². The number of benzene rings is 2. The molecule has 2 aromatic carbocycles. The minimum absolute atomic E-state index is 0.190. The predicted molar refractivity (Wildman–Crippen MR) is 100.0 cm³/mol. The standard InChI is InChI=1S/C17H19BrINO/c1-3-20-17(15-11-13(18)7-10-16(15)19)12-5-8-14(9-6-12)21-4-2/h5-11,17,20H,3-4H2,1-2H3. The molecule has 1 unspecified atom stereocenters. The van der Waals surface area contributed by atoms with Gasteiger partial charge < -0.3 is 10.1 Å². The minimum atomic E-state index is 0.190. The Labute approximate surface area is 148 Å². The van der Waals surface area contributed by atoms with E-state index in [9.17, 15) is 0 Å². The van der Waals surface area contributed by atoms with Gasteiger partial charge in [0.05, 0.1) is 12.6 Å². The quantitative estimate of drug-likeness (QED) is 0.603. The highest BCUT2D eigenvalue weighted by Gasteiger charge is 2.16. The molecule has 0 aliphatic rings. The average molecular weight is 460 g/mol. The molecule has 2 nitrogen and oxygen atoms in total. The van der Waals surface area contributed by atoms with E-state index >= 15 is 0 Å². The molecule has 0 spiro atoms. The average Bonchev–Trinajstić information content (AvgIpc) is 2.49. The predicted octanol–water partition coefficient (Wildman–Crippen LogP) is 5.15. The van der Waals surface area contributed by atoms with Crippen LogP contribution in [-0.2, 0) is 0 Å². The Morgan fingerprint density at radius 3 is 2.48 bits per heavy atom. The Hall–Kier alpha value is -0.590. The highest BCUT2D eigenvalue weighted by molar-refractivity contribution is 14.1. The molecule has 2 rings (SSSR count). The van der Waals surface area contributed by atoms with Crippen molar-refractivity contribution in [3.63, 3.8) is 0 Å². The third-order valence-electron chi connectivity index (χ3n) is 3.20. The second-order valence-electron chi connectivity index (χ2n) is 4.66. The van der Waals surface area contributed by atoms with Crippen LogP contribution < -0.4 is 10.1 Å². The van der Waals surface area contributed by atoms with Crippen molar-refractivity contribution in [1.82, 2.24) is 5.32 Å². The van der Waals surface area contributed by atoms with Gasteiger partial charge in [0.15, 0.2) is 0 Å². The maximum atomic E-state index is 5.52. The lowest BCUT2D eigenvalue weighted by molar-refractivity contribution is 0.340. The molecular formula is C17H19BrINO. The number of nitrogens with one attached hydrogen (secondary N) is 1. The van der Waals surface area contributed by atoms with Gasteiger partial charge in [-0.2, -0.15) is 0 Å². The van der Waals surface area contributed by atoms with E-state index in [2.05, 4.69) is 81.1 Å². The second kappa shape index (κ2) is 8.15. The maximum absolute atomic E-state index is 5.52.